The zero-order valence-electron chi connectivity index (χ0n) is 7.50. The van der Waals surface area contributed by atoms with E-state index < -0.39 is 5.97 Å². The van der Waals surface area contributed by atoms with Crippen LogP contribution in [0.2, 0.25) is 0 Å². The molecule has 1 N–H and O–H groups in total. The Balaban J connectivity index is 3.63. The maximum absolute atomic E-state index is 10.3. The molecule has 0 aromatic carbocycles. The monoisotopic (exact) mass is 159 g/mol. The van der Waals surface area contributed by atoms with Gasteiger partial charge in [0.2, 0.25) is 0 Å². The highest BCUT2D eigenvalue weighted by Gasteiger charge is 2.10. The number of likely N-dealkylation sites (N-methyl/N-ethyl adjacent to an activating group) is 1. The molecule has 0 fully saturated rings. The van der Waals surface area contributed by atoms with Crippen molar-refractivity contribution in [3.8, 4) is 0 Å². The lowest BCUT2D eigenvalue weighted by Gasteiger charge is -2.21. The number of carboxylic acids is 1. The molecule has 0 radical (unpaired) electrons. The van der Waals surface area contributed by atoms with Crippen molar-refractivity contribution in [2.75, 3.05) is 13.6 Å². The summed E-state index contributed by atoms with van der Waals surface area (Å²) < 4.78 is 0. The quantitative estimate of drug-likeness (QED) is 0.655. The summed E-state index contributed by atoms with van der Waals surface area (Å²) in [7, 11) is 1.84. The lowest BCUT2D eigenvalue weighted by atomic mass is 10.2. The molecule has 0 aromatic heterocycles. The first-order chi connectivity index (χ1) is 5.07. The summed E-state index contributed by atoms with van der Waals surface area (Å²) in [5.74, 6) is -0.754. The van der Waals surface area contributed by atoms with Gasteiger partial charge in [-0.25, -0.2) is 0 Å². The summed E-state index contributed by atoms with van der Waals surface area (Å²) in [6.07, 6.45) is 2.16. The molecule has 1 unspecified atom stereocenters. The second-order valence-corrected chi connectivity index (χ2v) is 2.95. The summed E-state index contributed by atoms with van der Waals surface area (Å²) in [4.78, 5) is 12.1. The Morgan fingerprint density at radius 1 is 1.64 bits per heavy atom. The van der Waals surface area contributed by atoms with Crippen LogP contribution in [0.25, 0.3) is 0 Å². The summed E-state index contributed by atoms with van der Waals surface area (Å²) in [5.41, 5.74) is 0. The van der Waals surface area contributed by atoms with Gasteiger partial charge in [0.15, 0.2) is 0 Å². The highest BCUT2D eigenvalue weighted by atomic mass is 16.4. The Labute approximate surface area is 68.0 Å². The number of aliphatic carboxylic acids is 1. The minimum absolute atomic E-state index is 0.140. The van der Waals surface area contributed by atoms with E-state index in [0.717, 1.165) is 12.8 Å². The minimum Gasteiger partial charge on any atom is -0.480 e. The van der Waals surface area contributed by atoms with Crippen LogP contribution < -0.4 is 0 Å². The van der Waals surface area contributed by atoms with Crippen LogP contribution in [0.15, 0.2) is 0 Å². The van der Waals surface area contributed by atoms with E-state index in [0.29, 0.717) is 6.04 Å². The molecule has 3 heteroatoms. The predicted octanol–water partition coefficient (Wildman–Crippen LogP) is 1.19. The summed E-state index contributed by atoms with van der Waals surface area (Å²) in [6.45, 7) is 4.29. The van der Waals surface area contributed by atoms with E-state index in [1.807, 2.05) is 18.9 Å². The fourth-order valence-electron chi connectivity index (χ4n) is 1.01. The van der Waals surface area contributed by atoms with E-state index in [1.165, 1.54) is 0 Å². The van der Waals surface area contributed by atoms with E-state index in [1.54, 1.807) is 0 Å². The fourth-order valence-corrected chi connectivity index (χ4v) is 1.01. The van der Waals surface area contributed by atoms with Crippen LogP contribution in [0.5, 0.6) is 0 Å². The zero-order valence-corrected chi connectivity index (χ0v) is 7.50. The summed E-state index contributed by atoms with van der Waals surface area (Å²) in [5, 5.41) is 8.46. The number of carbonyl (C=O) groups is 1. The molecular formula is C8H17NO2. The number of hydrogen-bond donors (Lipinski definition) is 1. The van der Waals surface area contributed by atoms with Gasteiger partial charge in [0.1, 0.15) is 0 Å². The average Bonchev–Trinajstić information content (AvgIpc) is 1.86. The van der Waals surface area contributed by atoms with Crippen molar-refractivity contribution in [1.82, 2.24) is 4.90 Å². The van der Waals surface area contributed by atoms with Crippen molar-refractivity contribution in [1.29, 1.82) is 0 Å². The molecule has 3 nitrogen and oxygen atoms in total. The maximum Gasteiger partial charge on any atom is 0.317 e. The van der Waals surface area contributed by atoms with Crippen molar-refractivity contribution in [3.63, 3.8) is 0 Å². The minimum atomic E-state index is -0.754. The van der Waals surface area contributed by atoms with Crippen molar-refractivity contribution >= 4 is 5.97 Å². The molecule has 0 spiro atoms. The van der Waals surface area contributed by atoms with Gasteiger partial charge < -0.3 is 5.11 Å². The Morgan fingerprint density at radius 2 is 2.18 bits per heavy atom. The Kier molecular flexibility index (Phi) is 4.86. The molecule has 0 bridgehead atoms. The van der Waals surface area contributed by atoms with Crippen LogP contribution in [-0.2, 0) is 4.79 Å². The number of hydrogen-bond acceptors (Lipinski definition) is 2. The number of nitrogens with zero attached hydrogens (tertiary/aromatic N) is 1. The van der Waals surface area contributed by atoms with Gasteiger partial charge >= 0.3 is 5.97 Å². The molecule has 66 valence electrons. The number of rotatable bonds is 5. The van der Waals surface area contributed by atoms with E-state index in [2.05, 4.69) is 6.92 Å². The molecule has 1 atom stereocenters. The van der Waals surface area contributed by atoms with E-state index in [9.17, 15) is 4.79 Å². The van der Waals surface area contributed by atoms with Gasteiger partial charge in [0, 0.05) is 6.04 Å². The zero-order chi connectivity index (χ0) is 8.85. The Hall–Kier alpha value is -0.570. The van der Waals surface area contributed by atoms with E-state index >= 15 is 0 Å². The second kappa shape index (κ2) is 5.13. The third-order valence-corrected chi connectivity index (χ3v) is 1.84. The van der Waals surface area contributed by atoms with Crippen molar-refractivity contribution in [2.45, 2.75) is 32.7 Å². The molecule has 0 aromatic rings. The first-order valence-electron chi connectivity index (χ1n) is 4.00. The molecule has 0 saturated heterocycles. The van der Waals surface area contributed by atoms with E-state index in [-0.39, 0.29) is 6.54 Å². The first kappa shape index (κ1) is 10.4. The maximum atomic E-state index is 10.3. The van der Waals surface area contributed by atoms with Gasteiger partial charge in [0.25, 0.3) is 0 Å². The first-order valence-corrected chi connectivity index (χ1v) is 4.00. The van der Waals surface area contributed by atoms with Crippen LogP contribution in [0.3, 0.4) is 0 Å². The summed E-state index contributed by atoms with van der Waals surface area (Å²) >= 11 is 0. The Morgan fingerprint density at radius 3 is 2.55 bits per heavy atom. The lowest BCUT2D eigenvalue weighted by Crippen LogP contribution is -2.33. The Bertz CT molecular complexity index is 125. The van der Waals surface area contributed by atoms with Gasteiger partial charge in [-0.15, -0.1) is 0 Å². The van der Waals surface area contributed by atoms with Gasteiger partial charge in [-0.2, -0.15) is 0 Å². The molecule has 0 aliphatic heterocycles. The highest BCUT2D eigenvalue weighted by molar-refractivity contribution is 5.69. The highest BCUT2D eigenvalue weighted by Crippen LogP contribution is 2.02. The molecule has 0 aliphatic carbocycles. The van der Waals surface area contributed by atoms with Gasteiger partial charge in [0.05, 0.1) is 6.54 Å². The van der Waals surface area contributed by atoms with Gasteiger partial charge in [-0.05, 0) is 20.4 Å². The van der Waals surface area contributed by atoms with Crippen LogP contribution in [0.1, 0.15) is 26.7 Å². The molecule has 11 heavy (non-hydrogen) atoms. The largest absolute Gasteiger partial charge is 0.480 e. The molecule has 0 amide bonds. The average molecular weight is 159 g/mol. The van der Waals surface area contributed by atoms with Gasteiger partial charge in [-0.3, -0.25) is 9.69 Å². The molecule has 0 heterocycles. The van der Waals surface area contributed by atoms with Gasteiger partial charge in [-0.1, -0.05) is 13.3 Å². The van der Waals surface area contributed by atoms with Crippen molar-refractivity contribution in [3.05, 3.63) is 0 Å². The second-order valence-electron chi connectivity index (χ2n) is 2.95. The van der Waals surface area contributed by atoms with Crippen LogP contribution >= 0.6 is 0 Å². The molecule has 0 aliphatic rings. The molecule has 0 saturated carbocycles. The smallest absolute Gasteiger partial charge is 0.317 e. The third-order valence-electron chi connectivity index (χ3n) is 1.84. The predicted molar refractivity (Wildman–Crippen MR) is 44.6 cm³/mol. The van der Waals surface area contributed by atoms with Crippen LogP contribution in [-0.4, -0.2) is 35.6 Å². The third kappa shape index (κ3) is 4.79. The SMILES string of the molecule is CCCC(C)N(C)CC(=O)O. The fraction of sp³-hybridized carbons (Fsp3) is 0.875. The number of carboxylic acid groups (broad SMARTS) is 1. The van der Waals surface area contributed by atoms with Crippen molar-refractivity contribution in [2.24, 2.45) is 0 Å². The normalized spacial score (nSPS) is 13.5. The lowest BCUT2D eigenvalue weighted by molar-refractivity contribution is -0.138. The van der Waals surface area contributed by atoms with Crippen molar-refractivity contribution < 1.29 is 9.90 Å². The molecule has 0 rings (SSSR count). The standard InChI is InChI=1S/C8H17NO2/c1-4-5-7(2)9(3)6-8(10)11/h7H,4-6H2,1-3H3,(H,10,11). The summed E-state index contributed by atoms with van der Waals surface area (Å²) in [6, 6.07) is 0.371. The topological polar surface area (TPSA) is 40.5 Å². The molecular weight excluding hydrogens is 142 g/mol. The van der Waals surface area contributed by atoms with E-state index in [4.69, 9.17) is 5.11 Å². The van der Waals surface area contributed by atoms with Crippen LogP contribution in [0.4, 0.5) is 0 Å². The van der Waals surface area contributed by atoms with Crippen LogP contribution in [0, 0.1) is 0 Å².